The third-order valence-electron chi connectivity index (χ3n) is 13.5. The molecule has 0 saturated heterocycles. The molecule has 0 heterocycles. The zero-order valence-corrected chi connectivity index (χ0v) is 50.4. The lowest BCUT2D eigenvalue weighted by atomic mass is 10.0. The third-order valence-corrected chi connectivity index (χ3v) is 14.5. The van der Waals surface area contributed by atoms with Crippen molar-refractivity contribution in [2.75, 3.05) is 40.9 Å². The van der Waals surface area contributed by atoms with E-state index in [1.165, 1.54) is 161 Å². The molecule has 0 saturated carbocycles. The van der Waals surface area contributed by atoms with Gasteiger partial charge in [0.2, 0.25) is 5.91 Å². The van der Waals surface area contributed by atoms with Crippen LogP contribution in [0, 0.1) is 0 Å². The first-order valence-corrected chi connectivity index (χ1v) is 32.6. The lowest BCUT2D eigenvalue weighted by molar-refractivity contribution is -0.870. The van der Waals surface area contributed by atoms with Crippen LogP contribution in [-0.2, 0) is 18.4 Å². The number of hydrogen-bond donors (Lipinski definition) is 2. The number of carbonyl (C=O) groups excluding carboxylic acids is 1. The highest BCUT2D eigenvalue weighted by molar-refractivity contribution is 7.45. The summed E-state index contributed by atoms with van der Waals surface area (Å²) >= 11 is 0. The summed E-state index contributed by atoms with van der Waals surface area (Å²) < 4.78 is 23.4. The minimum atomic E-state index is -4.60. The quantitative estimate of drug-likeness (QED) is 0.0272. The molecule has 75 heavy (non-hydrogen) atoms. The number of aliphatic hydroxyl groups excluding tert-OH is 1. The fourth-order valence-electron chi connectivity index (χ4n) is 8.72. The average Bonchev–Trinajstić information content (AvgIpc) is 3.37. The Morgan fingerprint density at radius 1 is 0.480 bits per heavy atom. The van der Waals surface area contributed by atoms with E-state index in [0.717, 1.165) is 83.5 Å². The molecular formula is C66H119N2O6P. The second-order valence-corrected chi connectivity index (χ2v) is 23.4. The Morgan fingerprint density at radius 3 is 1.19 bits per heavy atom. The Balaban J connectivity index is 4.12. The number of quaternary nitrogens is 1. The van der Waals surface area contributed by atoms with E-state index < -0.39 is 20.0 Å². The summed E-state index contributed by atoms with van der Waals surface area (Å²) in [6, 6.07) is -0.893. The maximum atomic E-state index is 13.0. The van der Waals surface area contributed by atoms with Crippen molar-refractivity contribution < 1.29 is 32.9 Å². The van der Waals surface area contributed by atoms with Gasteiger partial charge in [0.15, 0.2) is 0 Å². The first-order valence-electron chi connectivity index (χ1n) is 31.1. The summed E-state index contributed by atoms with van der Waals surface area (Å²) in [5.41, 5.74) is 0. The van der Waals surface area contributed by atoms with Crippen LogP contribution in [0.3, 0.4) is 0 Å². The van der Waals surface area contributed by atoms with Crippen molar-refractivity contribution >= 4 is 13.7 Å². The minimum absolute atomic E-state index is 0.00411. The van der Waals surface area contributed by atoms with Crippen molar-refractivity contribution in [2.45, 2.75) is 276 Å². The summed E-state index contributed by atoms with van der Waals surface area (Å²) in [5.74, 6) is -0.200. The maximum Gasteiger partial charge on any atom is 0.268 e. The van der Waals surface area contributed by atoms with Gasteiger partial charge >= 0.3 is 0 Å². The molecule has 0 aliphatic carbocycles. The third kappa shape index (κ3) is 58.9. The summed E-state index contributed by atoms with van der Waals surface area (Å²) in [7, 11) is 1.26. The van der Waals surface area contributed by atoms with Crippen LogP contribution in [0.4, 0.5) is 0 Å². The van der Waals surface area contributed by atoms with Gasteiger partial charge in [0, 0.05) is 6.42 Å². The van der Waals surface area contributed by atoms with Crippen LogP contribution in [0.2, 0.25) is 0 Å². The van der Waals surface area contributed by atoms with Crippen molar-refractivity contribution in [1.82, 2.24) is 5.32 Å². The number of nitrogens with zero attached hydrogens (tertiary/aromatic N) is 1. The number of carbonyl (C=O) groups is 1. The van der Waals surface area contributed by atoms with Crippen LogP contribution in [0.5, 0.6) is 0 Å². The van der Waals surface area contributed by atoms with E-state index in [1.54, 1.807) is 6.08 Å². The molecule has 0 rings (SSSR count). The molecule has 434 valence electrons. The highest BCUT2D eigenvalue weighted by atomic mass is 31.2. The summed E-state index contributed by atoms with van der Waals surface area (Å²) in [6.45, 7) is 4.55. The molecule has 0 aromatic rings. The molecule has 8 nitrogen and oxygen atoms in total. The molecule has 0 aromatic carbocycles. The van der Waals surface area contributed by atoms with E-state index in [2.05, 4.69) is 104 Å². The summed E-state index contributed by atoms with van der Waals surface area (Å²) in [6.07, 6.45) is 80.6. The predicted octanol–water partition coefficient (Wildman–Crippen LogP) is 18.7. The Labute approximate surface area is 464 Å². The van der Waals surface area contributed by atoms with E-state index in [0.29, 0.717) is 17.4 Å². The molecular weight excluding hydrogens is 948 g/mol. The van der Waals surface area contributed by atoms with Crippen molar-refractivity contribution in [3.8, 4) is 0 Å². The average molecular weight is 1070 g/mol. The van der Waals surface area contributed by atoms with Gasteiger partial charge in [-0.15, -0.1) is 0 Å². The van der Waals surface area contributed by atoms with Crippen molar-refractivity contribution in [2.24, 2.45) is 0 Å². The number of phosphoric acid groups is 1. The molecule has 0 aliphatic heterocycles. The van der Waals surface area contributed by atoms with Crippen molar-refractivity contribution in [3.63, 3.8) is 0 Å². The number of allylic oxidation sites excluding steroid dienone is 15. The number of phosphoric ester groups is 1. The molecule has 3 atom stereocenters. The molecule has 1 amide bonds. The van der Waals surface area contributed by atoms with E-state index in [-0.39, 0.29) is 19.1 Å². The smallest absolute Gasteiger partial charge is 0.268 e. The molecule has 0 fully saturated rings. The highest BCUT2D eigenvalue weighted by Crippen LogP contribution is 2.38. The molecule has 2 N–H and O–H groups in total. The largest absolute Gasteiger partial charge is 0.756 e. The maximum absolute atomic E-state index is 13.0. The SMILES string of the molecule is CC/C=C\C/C=C\C/C=C\C/C=C\C/C=C\C/C=C\C/C=C\CCCCCCCCCCCCCCCC(=O)NC(COP(=O)([O-])OCC[N+](C)(C)C)C(O)/C=C/CCCCCCCCCCCCCCCCCC. The normalized spacial score (nSPS) is 14.5. The van der Waals surface area contributed by atoms with Gasteiger partial charge in [0.25, 0.3) is 7.82 Å². The highest BCUT2D eigenvalue weighted by Gasteiger charge is 2.23. The molecule has 9 heteroatoms. The fraction of sp³-hybridized carbons (Fsp3) is 0.742. The molecule has 0 radical (unpaired) electrons. The number of nitrogens with one attached hydrogen (secondary N) is 1. The summed E-state index contributed by atoms with van der Waals surface area (Å²) in [4.78, 5) is 25.5. The van der Waals surface area contributed by atoms with Gasteiger partial charge in [-0.05, 0) is 77.0 Å². The molecule has 0 bridgehead atoms. The van der Waals surface area contributed by atoms with Crippen LogP contribution in [0.1, 0.15) is 264 Å². The molecule has 0 aliphatic rings. The van der Waals surface area contributed by atoms with Crippen molar-refractivity contribution in [1.29, 1.82) is 0 Å². The Hall–Kier alpha value is -2.58. The van der Waals surface area contributed by atoms with Gasteiger partial charge in [-0.25, -0.2) is 0 Å². The number of likely N-dealkylation sites (N-methyl/N-ethyl adjacent to an activating group) is 1. The van der Waals surface area contributed by atoms with Crippen LogP contribution < -0.4 is 10.2 Å². The molecule has 3 unspecified atom stereocenters. The topological polar surface area (TPSA) is 108 Å². The van der Waals surface area contributed by atoms with Gasteiger partial charge < -0.3 is 28.8 Å². The lowest BCUT2D eigenvalue weighted by Gasteiger charge is -2.29. The van der Waals surface area contributed by atoms with Gasteiger partial charge in [0.1, 0.15) is 13.2 Å². The minimum Gasteiger partial charge on any atom is -0.756 e. The monoisotopic (exact) mass is 1070 g/mol. The zero-order chi connectivity index (χ0) is 54.9. The van der Waals surface area contributed by atoms with E-state index in [4.69, 9.17) is 9.05 Å². The number of unbranched alkanes of at least 4 members (excludes halogenated alkanes) is 29. The molecule has 0 aromatic heterocycles. The van der Waals surface area contributed by atoms with Gasteiger partial charge in [-0.2, -0.15) is 0 Å². The van der Waals surface area contributed by atoms with Crippen LogP contribution >= 0.6 is 7.82 Å². The van der Waals surface area contributed by atoms with E-state index >= 15 is 0 Å². The van der Waals surface area contributed by atoms with Crippen molar-refractivity contribution in [3.05, 3.63) is 97.2 Å². The Bertz CT molecular complexity index is 1540. The van der Waals surface area contributed by atoms with Gasteiger partial charge in [-0.3, -0.25) is 9.36 Å². The first kappa shape index (κ1) is 72.4. The standard InChI is InChI=1S/C66H119N2O6P/c1-6-8-10-12-14-16-18-20-22-24-26-27-28-29-30-31-32-33-34-35-36-37-38-39-40-41-42-44-46-48-50-52-54-56-58-60-66(70)67-64(63-74-75(71,72)73-62-61-68(3,4)5)65(69)59-57-55-53-51-49-47-45-43-25-23-21-19-17-15-13-11-9-7-2/h8,10,14,16,20,22,26-27,29-30,32-33,35-36,57,59,64-65,69H,6-7,9,11-13,15,17-19,21,23-25,28,31,34,37-56,58,60-63H2,1-5H3,(H-,67,70,71,72)/b10-8-,16-14-,22-20-,27-26-,30-29-,33-32-,36-35-,59-57+. The number of aliphatic hydroxyl groups is 1. The number of hydrogen-bond acceptors (Lipinski definition) is 6. The van der Waals surface area contributed by atoms with Crippen LogP contribution in [0.25, 0.3) is 0 Å². The van der Waals surface area contributed by atoms with Crippen LogP contribution in [0.15, 0.2) is 97.2 Å². The Kier molecular flexibility index (Phi) is 54.2. The predicted molar refractivity (Wildman–Crippen MR) is 325 cm³/mol. The zero-order valence-electron chi connectivity index (χ0n) is 49.5. The van der Waals surface area contributed by atoms with E-state index in [9.17, 15) is 19.4 Å². The Morgan fingerprint density at radius 2 is 0.813 bits per heavy atom. The lowest BCUT2D eigenvalue weighted by Crippen LogP contribution is -2.45. The molecule has 0 spiro atoms. The number of rotatable bonds is 56. The fourth-order valence-corrected chi connectivity index (χ4v) is 9.45. The number of amides is 1. The van der Waals surface area contributed by atoms with Gasteiger partial charge in [-0.1, -0.05) is 278 Å². The second kappa shape index (κ2) is 56.2. The van der Waals surface area contributed by atoms with E-state index in [1.807, 2.05) is 27.2 Å². The first-order chi connectivity index (χ1) is 36.5. The van der Waals surface area contributed by atoms with Crippen LogP contribution in [-0.4, -0.2) is 68.5 Å². The second-order valence-electron chi connectivity index (χ2n) is 22.0. The van der Waals surface area contributed by atoms with Gasteiger partial charge in [0.05, 0.1) is 39.9 Å². The summed E-state index contributed by atoms with van der Waals surface area (Å²) in [5, 5.41) is 13.9.